The molecule has 0 radical (unpaired) electrons. The average Bonchev–Trinajstić information content (AvgIpc) is 2.03. The molecular formula is C10H18O2. The van der Waals surface area contributed by atoms with Gasteiger partial charge in [-0.05, 0) is 6.42 Å². The van der Waals surface area contributed by atoms with Crippen molar-refractivity contribution in [1.29, 1.82) is 0 Å². The van der Waals surface area contributed by atoms with Crippen LogP contribution in [0.3, 0.4) is 0 Å². The molecule has 0 aliphatic carbocycles. The third-order valence-electron chi connectivity index (χ3n) is 1.58. The molecule has 0 saturated heterocycles. The third kappa shape index (κ3) is 4.16. The second-order valence-corrected chi connectivity index (χ2v) is 3.15. The maximum absolute atomic E-state index is 11.1. The van der Waals surface area contributed by atoms with Gasteiger partial charge in [-0.2, -0.15) is 0 Å². The van der Waals surface area contributed by atoms with Gasteiger partial charge in [-0.1, -0.05) is 39.8 Å². The second-order valence-electron chi connectivity index (χ2n) is 3.15. The zero-order valence-corrected chi connectivity index (χ0v) is 8.17. The number of carbonyl (C=O) groups is 1. The molecule has 0 amide bonds. The minimum atomic E-state index is -0.145. The van der Waals surface area contributed by atoms with E-state index in [1.165, 1.54) is 0 Å². The second kappa shape index (κ2) is 5.81. The fourth-order valence-corrected chi connectivity index (χ4v) is 0.795. The maximum Gasteiger partial charge on any atom is 0.308 e. The van der Waals surface area contributed by atoms with Crippen molar-refractivity contribution < 1.29 is 9.53 Å². The molecule has 0 fully saturated rings. The Balaban J connectivity index is 3.85. The van der Waals surface area contributed by atoms with E-state index >= 15 is 0 Å². The smallest absolute Gasteiger partial charge is 0.308 e. The highest BCUT2D eigenvalue weighted by Crippen LogP contribution is 2.06. The van der Waals surface area contributed by atoms with E-state index in [1.54, 1.807) is 6.08 Å². The van der Waals surface area contributed by atoms with Crippen molar-refractivity contribution in [2.24, 2.45) is 5.92 Å². The molecule has 2 nitrogen and oxygen atoms in total. The van der Waals surface area contributed by atoms with Crippen LogP contribution in [-0.4, -0.2) is 12.1 Å². The van der Waals surface area contributed by atoms with Crippen LogP contribution >= 0.6 is 0 Å². The Morgan fingerprint density at radius 1 is 1.58 bits per heavy atom. The fourth-order valence-electron chi connectivity index (χ4n) is 0.795. The van der Waals surface area contributed by atoms with E-state index in [1.807, 2.05) is 13.8 Å². The fraction of sp³-hybridized carbons (Fsp3) is 0.700. The highest BCUT2D eigenvalue weighted by molar-refractivity contribution is 5.71. The van der Waals surface area contributed by atoms with Crippen molar-refractivity contribution in [3.63, 3.8) is 0 Å². The first kappa shape index (κ1) is 11.2. The lowest BCUT2D eigenvalue weighted by atomic mass is 10.2. The lowest BCUT2D eigenvalue weighted by molar-refractivity contribution is -0.150. The average molecular weight is 170 g/mol. The summed E-state index contributed by atoms with van der Waals surface area (Å²) in [6.07, 6.45) is 3.44. The molecule has 2 heteroatoms. The van der Waals surface area contributed by atoms with Gasteiger partial charge in [0.15, 0.2) is 0 Å². The molecule has 1 atom stereocenters. The van der Waals surface area contributed by atoms with Gasteiger partial charge in [-0.15, -0.1) is 0 Å². The number of ether oxygens (including phenoxy) is 1. The van der Waals surface area contributed by atoms with E-state index in [9.17, 15) is 4.79 Å². The van der Waals surface area contributed by atoms with Gasteiger partial charge < -0.3 is 4.74 Å². The topological polar surface area (TPSA) is 26.3 Å². The number of esters is 1. The first-order valence-corrected chi connectivity index (χ1v) is 4.44. The van der Waals surface area contributed by atoms with Crippen LogP contribution in [0, 0.1) is 5.92 Å². The van der Waals surface area contributed by atoms with Gasteiger partial charge in [0, 0.05) is 0 Å². The van der Waals surface area contributed by atoms with Crippen LogP contribution in [0.25, 0.3) is 0 Å². The van der Waals surface area contributed by atoms with Gasteiger partial charge in [0.1, 0.15) is 6.10 Å². The predicted octanol–water partition coefficient (Wildman–Crippen LogP) is 2.54. The summed E-state index contributed by atoms with van der Waals surface area (Å²) < 4.78 is 5.14. The van der Waals surface area contributed by atoms with Gasteiger partial charge in [0.25, 0.3) is 0 Å². The zero-order valence-electron chi connectivity index (χ0n) is 8.17. The monoisotopic (exact) mass is 170 g/mol. The van der Waals surface area contributed by atoms with Crippen LogP contribution in [0.15, 0.2) is 12.7 Å². The summed E-state index contributed by atoms with van der Waals surface area (Å²) >= 11 is 0. The summed E-state index contributed by atoms with van der Waals surface area (Å²) in [7, 11) is 0. The molecule has 0 spiro atoms. The number of carbonyl (C=O) groups excluding carboxylic acids is 1. The minimum Gasteiger partial charge on any atom is -0.458 e. The first-order valence-electron chi connectivity index (χ1n) is 4.44. The van der Waals surface area contributed by atoms with Crippen molar-refractivity contribution in [3.8, 4) is 0 Å². The largest absolute Gasteiger partial charge is 0.458 e. The van der Waals surface area contributed by atoms with Crippen LogP contribution in [0.1, 0.15) is 33.6 Å². The highest BCUT2D eigenvalue weighted by Gasteiger charge is 2.12. The van der Waals surface area contributed by atoms with E-state index in [0.29, 0.717) is 0 Å². The molecule has 0 aliphatic rings. The maximum atomic E-state index is 11.1. The molecule has 0 aromatic carbocycles. The molecular weight excluding hydrogens is 152 g/mol. The molecule has 70 valence electrons. The van der Waals surface area contributed by atoms with Crippen molar-refractivity contribution in [2.75, 3.05) is 0 Å². The number of hydrogen-bond acceptors (Lipinski definition) is 2. The Labute approximate surface area is 74.6 Å². The van der Waals surface area contributed by atoms with Crippen molar-refractivity contribution >= 4 is 5.97 Å². The van der Waals surface area contributed by atoms with Crippen molar-refractivity contribution in [2.45, 2.75) is 39.7 Å². The normalized spacial score (nSPS) is 12.7. The summed E-state index contributed by atoms with van der Waals surface area (Å²) in [5, 5.41) is 0. The molecule has 1 unspecified atom stereocenters. The highest BCUT2D eigenvalue weighted by atomic mass is 16.5. The molecule has 0 aromatic rings. The lowest BCUT2D eigenvalue weighted by Crippen LogP contribution is -2.19. The Hall–Kier alpha value is -0.790. The third-order valence-corrected chi connectivity index (χ3v) is 1.58. The SMILES string of the molecule is C=CC(CCC)OC(=O)C(C)C. The summed E-state index contributed by atoms with van der Waals surface area (Å²) in [5.41, 5.74) is 0. The van der Waals surface area contributed by atoms with Crippen molar-refractivity contribution in [3.05, 3.63) is 12.7 Å². The van der Waals surface area contributed by atoms with Crippen LogP contribution < -0.4 is 0 Å². The number of hydrogen-bond donors (Lipinski definition) is 0. The van der Waals surface area contributed by atoms with Gasteiger partial charge in [-0.3, -0.25) is 4.79 Å². The van der Waals surface area contributed by atoms with Crippen LogP contribution in [0.2, 0.25) is 0 Å². The molecule has 0 heterocycles. The standard InChI is InChI=1S/C10H18O2/c1-5-7-9(6-2)12-10(11)8(3)4/h6,8-9H,2,5,7H2,1,3-4H3. The Morgan fingerprint density at radius 3 is 2.50 bits per heavy atom. The van der Waals surface area contributed by atoms with Crippen molar-refractivity contribution in [1.82, 2.24) is 0 Å². The summed E-state index contributed by atoms with van der Waals surface area (Å²) in [6.45, 7) is 9.33. The summed E-state index contributed by atoms with van der Waals surface area (Å²) in [4.78, 5) is 11.1. The van der Waals surface area contributed by atoms with E-state index < -0.39 is 0 Å². The van der Waals surface area contributed by atoms with E-state index in [4.69, 9.17) is 4.74 Å². The molecule has 0 rings (SSSR count). The molecule has 0 saturated carbocycles. The minimum absolute atomic E-state index is 0.0516. The first-order chi connectivity index (χ1) is 5.61. The lowest BCUT2D eigenvalue weighted by Gasteiger charge is -2.14. The Bertz CT molecular complexity index is 150. The quantitative estimate of drug-likeness (QED) is 0.468. The Morgan fingerprint density at radius 2 is 2.17 bits per heavy atom. The molecule has 12 heavy (non-hydrogen) atoms. The number of rotatable bonds is 5. The van der Waals surface area contributed by atoms with Gasteiger partial charge in [-0.25, -0.2) is 0 Å². The predicted molar refractivity (Wildman–Crippen MR) is 49.8 cm³/mol. The van der Waals surface area contributed by atoms with E-state index in [-0.39, 0.29) is 18.0 Å². The van der Waals surface area contributed by atoms with Crippen LogP contribution in [0.5, 0.6) is 0 Å². The van der Waals surface area contributed by atoms with E-state index in [0.717, 1.165) is 12.8 Å². The van der Waals surface area contributed by atoms with E-state index in [2.05, 4.69) is 13.5 Å². The zero-order chi connectivity index (χ0) is 9.56. The van der Waals surface area contributed by atoms with Crippen LogP contribution in [0.4, 0.5) is 0 Å². The molecule has 0 N–H and O–H groups in total. The summed E-state index contributed by atoms with van der Waals surface area (Å²) in [6, 6.07) is 0. The summed E-state index contributed by atoms with van der Waals surface area (Å²) in [5.74, 6) is -0.197. The van der Waals surface area contributed by atoms with Gasteiger partial charge in [0.2, 0.25) is 0 Å². The van der Waals surface area contributed by atoms with Gasteiger partial charge >= 0.3 is 5.97 Å². The Kier molecular flexibility index (Phi) is 5.43. The van der Waals surface area contributed by atoms with Gasteiger partial charge in [0.05, 0.1) is 5.92 Å². The molecule has 0 bridgehead atoms. The molecule has 0 aliphatic heterocycles. The molecule has 0 aromatic heterocycles. The van der Waals surface area contributed by atoms with Crippen LogP contribution in [-0.2, 0) is 9.53 Å².